The van der Waals surface area contributed by atoms with Crippen LogP contribution in [0.4, 0.5) is 19.0 Å². The van der Waals surface area contributed by atoms with Crippen molar-refractivity contribution in [3.63, 3.8) is 0 Å². The fourth-order valence-electron chi connectivity index (χ4n) is 3.67. The minimum atomic E-state index is -4.05. The van der Waals surface area contributed by atoms with E-state index in [0.29, 0.717) is 17.0 Å². The monoisotopic (exact) mass is 572 g/mol. The molecule has 0 radical (unpaired) electrons. The molecule has 9 nitrogen and oxygen atoms in total. The average molecular weight is 573 g/mol. The summed E-state index contributed by atoms with van der Waals surface area (Å²) in [7, 11) is 1.31. The Morgan fingerprint density at radius 3 is 2.39 bits per heavy atom. The second kappa shape index (κ2) is 11.6. The van der Waals surface area contributed by atoms with Gasteiger partial charge in [0, 0.05) is 34.6 Å². The summed E-state index contributed by atoms with van der Waals surface area (Å²) in [4.78, 5) is 32.4. The van der Waals surface area contributed by atoms with E-state index in [1.807, 2.05) is 0 Å². The number of nitrogens with one attached hydrogen (secondary N) is 3. The molecule has 3 aromatic rings. The van der Waals surface area contributed by atoms with Crippen LogP contribution in [0.3, 0.4) is 0 Å². The Morgan fingerprint density at radius 2 is 1.87 bits per heavy atom. The molecule has 0 aliphatic carbocycles. The van der Waals surface area contributed by atoms with Crippen LogP contribution in [0.15, 0.2) is 30.5 Å². The topological polar surface area (TPSA) is 122 Å². The molecule has 2 amide bonds. The molecule has 204 valence electrons. The van der Waals surface area contributed by atoms with E-state index in [1.165, 1.54) is 32.2 Å². The van der Waals surface area contributed by atoms with Gasteiger partial charge in [-0.2, -0.15) is 18.3 Å². The number of pyridine rings is 2. The number of halogens is 5. The van der Waals surface area contributed by atoms with Crippen LogP contribution in [-0.2, 0) is 15.5 Å². The predicted molar refractivity (Wildman–Crippen MR) is 136 cm³/mol. The molecule has 38 heavy (non-hydrogen) atoms. The number of aromatic amines is 1. The maximum atomic E-state index is 15.0. The molecule has 3 rings (SSSR count). The van der Waals surface area contributed by atoms with E-state index in [4.69, 9.17) is 27.9 Å². The smallest absolute Gasteiger partial charge is 0.351 e. The highest BCUT2D eigenvalue weighted by molar-refractivity contribution is 6.44. The standard InChI is InChI=1S/C24H25Cl2F3N6O3/c1-12-19(13(2)35-34-12)15-6-7-17(31-20(15)27)32-21(36)23(3,10-9-16(25)26)33-22(37)24(28,29)14-5-8-18(38-4)30-11-14/h5-8,11,16H,9-10H2,1-4H3,(H,33,37)(H,34,35)(H,31,32,36)/t23-/m0/s1. The molecule has 3 aromatic heterocycles. The van der Waals surface area contributed by atoms with Gasteiger partial charge >= 0.3 is 5.92 Å². The number of anilines is 1. The van der Waals surface area contributed by atoms with Gasteiger partial charge in [0.2, 0.25) is 11.8 Å². The van der Waals surface area contributed by atoms with Gasteiger partial charge < -0.3 is 15.4 Å². The van der Waals surface area contributed by atoms with Crippen molar-refractivity contribution in [2.24, 2.45) is 0 Å². The molecule has 3 heterocycles. The minimum absolute atomic E-state index is 0.0251. The first-order valence-electron chi connectivity index (χ1n) is 11.3. The van der Waals surface area contributed by atoms with Crippen LogP contribution in [0.2, 0.25) is 0 Å². The zero-order valence-electron chi connectivity index (χ0n) is 20.8. The number of ether oxygens (including phenoxy) is 1. The zero-order chi connectivity index (χ0) is 28.3. The number of rotatable bonds is 10. The molecule has 0 saturated carbocycles. The predicted octanol–water partition coefficient (Wildman–Crippen LogP) is 4.82. The van der Waals surface area contributed by atoms with Gasteiger partial charge in [0.05, 0.1) is 12.8 Å². The number of H-pyrrole nitrogens is 1. The third kappa shape index (κ3) is 6.36. The highest BCUT2D eigenvalue weighted by atomic mass is 35.5. The highest BCUT2D eigenvalue weighted by Crippen LogP contribution is 2.31. The van der Waals surface area contributed by atoms with Gasteiger partial charge in [-0.3, -0.25) is 14.7 Å². The van der Waals surface area contributed by atoms with Crippen molar-refractivity contribution in [2.45, 2.75) is 49.9 Å². The van der Waals surface area contributed by atoms with Crippen molar-refractivity contribution in [2.75, 3.05) is 12.4 Å². The third-order valence-corrected chi connectivity index (χ3v) is 6.27. The minimum Gasteiger partial charge on any atom is -0.481 e. The lowest BCUT2D eigenvalue weighted by Gasteiger charge is -2.31. The van der Waals surface area contributed by atoms with Crippen molar-refractivity contribution < 1.29 is 27.5 Å². The van der Waals surface area contributed by atoms with Gasteiger partial charge in [0.15, 0.2) is 0 Å². The van der Waals surface area contributed by atoms with Crippen LogP contribution < -0.4 is 15.4 Å². The molecule has 0 aliphatic rings. The van der Waals surface area contributed by atoms with Crippen LogP contribution in [0.1, 0.15) is 36.7 Å². The van der Waals surface area contributed by atoms with Gasteiger partial charge in [-0.15, -0.1) is 23.2 Å². The lowest BCUT2D eigenvalue weighted by atomic mass is 9.93. The molecule has 0 aromatic carbocycles. The summed E-state index contributed by atoms with van der Waals surface area (Å²) in [5.74, 6) is -7.75. The molecule has 1 atom stereocenters. The van der Waals surface area contributed by atoms with Crippen molar-refractivity contribution in [3.05, 3.63) is 53.4 Å². The van der Waals surface area contributed by atoms with E-state index in [1.54, 1.807) is 13.8 Å². The van der Waals surface area contributed by atoms with Gasteiger partial charge in [-0.25, -0.2) is 9.97 Å². The normalized spacial score (nSPS) is 13.2. The molecule has 0 bridgehead atoms. The van der Waals surface area contributed by atoms with Crippen LogP contribution in [0.25, 0.3) is 11.1 Å². The Kier molecular flexibility index (Phi) is 8.88. The van der Waals surface area contributed by atoms with Crippen LogP contribution in [0, 0.1) is 19.8 Å². The van der Waals surface area contributed by atoms with E-state index in [9.17, 15) is 22.8 Å². The molecule has 0 fully saturated rings. The van der Waals surface area contributed by atoms with E-state index < -0.39 is 39.6 Å². The van der Waals surface area contributed by atoms with Crippen LogP contribution >= 0.6 is 23.2 Å². The van der Waals surface area contributed by atoms with Gasteiger partial charge in [-0.1, -0.05) is 0 Å². The number of nitrogens with zero attached hydrogens (tertiary/aromatic N) is 3. The molecule has 14 heteroatoms. The van der Waals surface area contributed by atoms with Gasteiger partial charge in [-0.05, 0) is 51.8 Å². The maximum Gasteiger partial charge on any atom is 0.351 e. The molecule has 0 spiro atoms. The quantitative estimate of drug-likeness (QED) is 0.236. The number of alkyl halides is 4. The molecule has 0 unspecified atom stereocenters. The number of methoxy groups -OCH3 is 1. The molecule has 0 saturated heterocycles. The SMILES string of the molecule is COc1ccc(C(F)(F)C(=O)N[C@@](C)(CCC(Cl)Cl)C(=O)Nc2ccc(-c3c(C)n[nH]c3C)c(F)n2)cn1. The number of aryl methyl sites for hydroxylation is 2. The van der Waals surface area contributed by atoms with E-state index >= 15 is 0 Å². The largest absolute Gasteiger partial charge is 0.481 e. The summed E-state index contributed by atoms with van der Waals surface area (Å²) in [6, 6.07) is 4.89. The Balaban J connectivity index is 1.84. The number of carbonyl (C=O) groups is 2. The van der Waals surface area contributed by atoms with Gasteiger partial charge in [0.25, 0.3) is 11.8 Å². The summed E-state index contributed by atoms with van der Waals surface area (Å²) in [6.07, 6.45) is 0.553. The number of amides is 2. The van der Waals surface area contributed by atoms with Crippen LogP contribution in [0.5, 0.6) is 5.88 Å². The van der Waals surface area contributed by atoms with E-state index in [2.05, 4.69) is 30.8 Å². The number of hydrogen-bond acceptors (Lipinski definition) is 6. The Bertz CT molecular complexity index is 1300. The Morgan fingerprint density at radius 1 is 1.16 bits per heavy atom. The van der Waals surface area contributed by atoms with Crippen molar-refractivity contribution in [3.8, 4) is 17.0 Å². The Labute approximate surface area is 226 Å². The number of aromatic nitrogens is 4. The fourth-order valence-corrected chi connectivity index (χ4v) is 3.89. The second-order valence-corrected chi connectivity index (χ2v) is 9.95. The fraction of sp³-hybridized carbons (Fsp3) is 0.375. The highest BCUT2D eigenvalue weighted by Gasteiger charge is 2.46. The lowest BCUT2D eigenvalue weighted by Crippen LogP contribution is -2.58. The summed E-state index contributed by atoms with van der Waals surface area (Å²) in [5.41, 5.74) is -0.773. The van der Waals surface area contributed by atoms with E-state index in [-0.39, 0.29) is 30.1 Å². The summed E-state index contributed by atoms with van der Waals surface area (Å²) in [6.45, 7) is 4.64. The molecule has 3 N–H and O–H groups in total. The Hall–Kier alpha value is -3.38. The van der Waals surface area contributed by atoms with Crippen LogP contribution in [-0.4, -0.2) is 49.5 Å². The summed E-state index contributed by atoms with van der Waals surface area (Å²) < 4.78 is 49.6. The third-order valence-electron chi connectivity index (χ3n) is 5.83. The zero-order valence-corrected chi connectivity index (χ0v) is 22.3. The number of hydrogen-bond donors (Lipinski definition) is 3. The average Bonchev–Trinajstić information content (AvgIpc) is 3.20. The molecular weight excluding hydrogens is 548 g/mol. The van der Waals surface area contributed by atoms with Gasteiger partial charge in [0.1, 0.15) is 16.2 Å². The van der Waals surface area contributed by atoms with Crippen molar-refractivity contribution >= 4 is 40.8 Å². The lowest BCUT2D eigenvalue weighted by molar-refractivity contribution is -0.151. The van der Waals surface area contributed by atoms with Crippen molar-refractivity contribution in [1.29, 1.82) is 0 Å². The first kappa shape index (κ1) is 29.2. The van der Waals surface area contributed by atoms with E-state index in [0.717, 1.165) is 12.3 Å². The number of carbonyl (C=O) groups excluding carboxylic acids is 2. The molecule has 0 aliphatic heterocycles. The maximum absolute atomic E-state index is 15.0. The summed E-state index contributed by atoms with van der Waals surface area (Å²) >= 11 is 11.6. The second-order valence-electron chi connectivity index (χ2n) is 8.68. The first-order valence-corrected chi connectivity index (χ1v) is 12.1. The van der Waals surface area contributed by atoms with Crippen molar-refractivity contribution in [1.82, 2.24) is 25.5 Å². The summed E-state index contributed by atoms with van der Waals surface area (Å²) in [5, 5.41) is 11.2. The molecular formula is C24H25Cl2F3N6O3. The first-order chi connectivity index (χ1) is 17.8.